The van der Waals surface area contributed by atoms with Crippen molar-refractivity contribution in [3.05, 3.63) is 58.1 Å². The molecular weight excluding hydrogens is 396 g/mol. The summed E-state index contributed by atoms with van der Waals surface area (Å²) < 4.78 is 32.0. The molecule has 0 atom stereocenters. The Hall–Kier alpha value is -2.98. The number of nitro groups is 1. The molecule has 2 rings (SSSR count). The lowest BCUT2D eigenvalue weighted by molar-refractivity contribution is -0.384. The second-order valence-electron chi connectivity index (χ2n) is 5.87. The van der Waals surface area contributed by atoms with Crippen LogP contribution in [0.3, 0.4) is 0 Å². The van der Waals surface area contributed by atoms with Crippen molar-refractivity contribution in [1.82, 2.24) is 4.31 Å². The molecule has 10 heteroatoms. The van der Waals surface area contributed by atoms with Crippen molar-refractivity contribution in [2.24, 2.45) is 5.10 Å². The fraction of sp³-hybridized carbons (Fsp3) is 0.316. The lowest BCUT2D eigenvalue weighted by Gasteiger charge is -2.18. The van der Waals surface area contributed by atoms with Crippen LogP contribution in [0.1, 0.15) is 26.3 Å². The third-order valence-electron chi connectivity index (χ3n) is 4.12. The maximum Gasteiger partial charge on any atom is 0.295 e. The minimum absolute atomic E-state index is 0.0821. The molecule has 0 saturated carbocycles. The number of hydrazone groups is 1. The third-order valence-corrected chi connectivity index (χ3v) is 6.16. The number of nitrogens with zero attached hydrogens (tertiary/aromatic N) is 3. The van der Waals surface area contributed by atoms with Crippen LogP contribution in [-0.2, 0) is 10.0 Å². The SMILES string of the molecule is CCOc1ccccc1C=NNc1ccc(S(=O)(=O)N(CC)CC)cc1[N+](=O)[O-]. The van der Waals surface area contributed by atoms with Gasteiger partial charge in [-0.1, -0.05) is 26.0 Å². The number of benzene rings is 2. The molecule has 0 aromatic heterocycles. The van der Waals surface area contributed by atoms with Gasteiger partial charge in [0.15, 0.2) is 0 Å². The van der Waals surface area contributed by atoms with Gasteiger partial charge in [0, 0.05) is 24.7 Å². The standard InChI is InChI=1S/C19H24N4O5S/c1-4-22(5-2)29(26,27)16-11-12-17(18(13-16)23(24)25)21-20-14-15-9-7-8-10-19(15)28-6-3/h7-14,21H,4-6H2,1-3H3. The number of nitro benzene ring substituents is 1. The van der Waals surface area contributed by atoms with Gasteiger partial charge in [0.2, 0.25) is 10.0 Å². The van der Waals surface area contributed by atoms with E-state index < -0.39 is 14.9 Å². The van der Waals surface area contributed by atoms with Crippen molar-refractivity contribution < 1.29 is 18.1 Å². The van der Waals surface area contributed by atoms with Crippen molar-refractivity contribution in [2.45, 2.75) is 25.7 Å². The van der Waals surface area contributed by atoms with Crippen molar-refractivity contribution in [3.63, 3.8) is 0 Å². The summed E-state index contributed by atoms with van der Waals surface area (Å²) in [7, 11) is -3.80. The number of ether oxygens (including phenoxy) is 1. The molecule has 0 bridgehead atoms. The lowest BCUT2D eigenvalue weighted by Crippen LogP contribution is -2.30. The molecule has 9 nitrogen and oxygen atoms in total. The van der Waals surface area contributed by atoms with Gasteiger partial charge in [-0.3, -0.25) is 15.5 Å². The first-order valence-corrected chi connectivity index (χ1v) is 10.6. The molecule has 2 aromatic carbocycles. The van der Waals surface area contributed by atoms with Crippen LogP contribution in [0.2, 0.25) is 0 Å². The second kappa shape index (κ2) is 9.99. The van der Waals surface area contributed by atoms with E-state index in [-0.39, 0.29) is 29.4 Å². The van der Waals surface area contributed by atoms with Crippen molar-refractivity contribution >= 4 is 27.6 Å². The topological polar surface area (TPSA) is 114 Å². The summed E-state index contributed by atoms with van der Waals surface area (Å²) in [6.45, 7) is 6.32. The van der Waals surface area contributed by atoms with Crippen LogP contribution < -0.4 is 10.2 Å². The van der Waals surface area contributed by atoms with Gasteiger partial charge < -0.3 is 4.74 Å². The molecule has 0 fully saturated rings. The predicted octanol–water partition coefficient (Wildman–Crippen LogP) is 3.47. The van der Waals surface area contributed by atoms with Crippen molar-refractivity contribution in [2.75, 3.05) is 25.1 Å². The maximum atomic E-state index is 12.6. The number of anilines is 1. The molecule has 0 unspecified atom stereocenters. The fourth-order valence-corrected chi connectivity index (χ4v) is 4.15. The van der Waals surface area contributed by atoms with Crippen LogP contribution in [0, 0.1) is 10.1 Å². The molecule has 0 heterocycles. The molecule has 0 aliphatic rings. The van der Waals surface area contributed by atoms with Gasteiger partial charge in [-0.05, 0) is 31.2 Å². The third kappa shape index (κ3) is 5.30. The van der Waals surface area contributed by atoms with Crippen LogP contribution in [0.4, 0.5) is 11.4 Å². The Morgan fingerprint density at radius 3 is 2.48 bits per heavy atom. The monoisotopic (exact) mass is 420 g/mol. The minimum atomic E-state index is -3.80. The number of hydrogen-bond donors (Lipinski definition) is 1. The highest BCUT2D eigenvalue weighted by atomic mass is 32.2. The molecule has 0 radical (unpaired) electrons. The van der Waals surface area contributed by atoms with Crippen molar-refractivity contribution in [3.8, 4) is 5.75 Å². The van der Waals surface area contributed by atoms with Crippen LogP contribution in [0.15, 0.2) is 52.5 Å². The molecular formula is C19H24N4O5S. The minimum Gasteiger partial charge on any atom is -0.493 e. The van der Waals surface area contributed by atoms with E-state index in [1.807, 2.05) is 19.1 Å². The van der Waals surface area contributed by atoms with Crippen LogP contribution in [-0.4, -0.2) is 43.6 Å². The molecule has 2 aromatic rings. The average molecular weight is 420 g/mol. The molecule has 0 saturated heterocycles. The highest BCUT2D eigenvalue weighted by molar-refractivity contribution is 7.89. The van der Waals surface area contributed by atoms with Crippen LogP contribution in [0.25, 0.3) is 0 Å². The lowest BCUT2D eigenvalue weighted by atomic mass is 10.2. The zero-order valence-corrected chi connectivity index (χ0v) is 17.3. The summed E-state index contributed by atoms with van der Waals surface area (Å²) in [5.41, 5.74) is 3.01. The smallest absolute Gasteiger partial charge is 0.295 e. The molecule has 1 N–H and O–H groups in total. The van der Waals surface area contributed by atoms with Gasteiger partial charge >= 0.3 is 0 Å². The van der Waals surface area contributed by atoms with E-state index in [4.69, 9.17) is 4.74 Å². The average Bonchev–Trinajstić information content (AvgIpc) is 2.70. The predicted molar refractivity (Wildman–Crippen MR) is 112 cm³/mol. The van der Waals surface area contributed by atoms with E-state index in [2.05, 4.69) is 10.5 Å². The Morgan fingerprint density at radius 1 is 1.17 bits per heavy atom. The molecule has 0 spiro atoms. The number of nitrogens with one attached hydrogen (secondary N) is 1. The van der Waals surface area contributed by atoms with Gasteiger partial charge in [0.05, 0.1) is 22.6 Å². The van der Waals surface area contributed by atoms with Crippen molar-refractivity contribution in [1.29, 1.82) is 0 Å². The van der Waals surface area contributed by atoms with E-state index in [1.165, 1.54) is 22.7 Å². The summed E-state index contributed by atoms with van der Waals surface area (Å²) in [6, 6.07) is 10.9. The molecule has 0 aliphatic carbocycles. The number of para-hydroxylation sites is 1. The summed E-state index contributed by atoms with van der Waals surface area (Å²) in [5.74, 6) is 0.635. The Balaban J connectivity index is 2.32. The zero-order chi connectivity index (χ0) is 21.4. The molecule has 0 amide bonds. The van der Waals surface area contributed by atoms with Gasteiger partial charge in [-0.15, -0.1) is 0 Å². The Labute approximate surface area is 170 Å². The normalized spacial score (nSPS) is 11.7. The summed E-state index contributed by atoms with van der Waals surface area (Å²) in [6.07, 6.45) is 1.48. The number of rotatable bonds is 10. The van der Waals surface area contributed by atoms with E-state index in [0.717, 1.165) is 6.07 Å². The molecule has 29 heavy (non-hydrogen) atoms. The highest BCUT2D eigenvalue weighted by Gasteiger charge is 2.25. The highest BCUT2D eigenvalue weighted by Crippen LogP contribution is 2.29. The maximum absolute atomic E-state index is 12.6. The van der Waals surface area contributed by atoms with Crippen LogP contribution >= 0.6 is 0 Å². The quantitative estimate of drug-likeness (QED) is 0.358. The molecule has 156 valence electrons. The van der Waals surface area contributed by atoms with Gasteiger partial charge in [-0.25, -0.2) is 8.42 Å². The van der Waals surface area contributed by atoms with Crippen LogP contribution in [0.5, 0.6) is 5.75 Å². The van der Waals surface area contributed by atoms with E-state index in [0.29, 0.717) is 17.9 Å². The Kier molecular flexibility index (Phi) is 7.68. The first-order valence-electron chi connectivity index (χ1n) is 9.14. The Morgan fingerprint density at radius 2 is 1.86 bits per heavy atom. The number of hydrogen-bond acceptors (Lipinski definition) is 7. The second-order valence-corrected chi connectivity index (χ2v) is 7.80. The van der Waals surface area contributed by atoms with Gasteiger partial charge in [-0.2, -0.15) is 9.41 Å². The fourth-order valence-electron chi connectivity index (χ4n) is 2.68. The largest absolute Gasteiger partial charge is 0.493 e. The van der Waals surface area contributed by atoms with E-state index in [1.54, 1.807) is 26.0 Å². The summed E-state index contributed by atoms with van der Waals surface area (Å²) >= 11 is 0. The first kappa shape index (κ1) is 22.3. The van der Waals surface area contributed by atoms with Gasteiger partial charge in [0.1, 0.15) is 11.4 Å². The summed E-state index contributed by atoms with van der Waals surface area (Å²) in [4.78, 5) is 10.7. The zero-order valence-electron chi connectivity index (χ0n) is 16.5. The number of sulfonamides is 1. The first-order chi connectivity index (χ1) is 13.8. The Bertz CT molecular complexity index is 988. The van der Waals surface area contributed by atoms with Gasteiger partial charge in [0.25, 0.3) is 5.69 Å². The molecule has 0 aliphatic heterocycles. The van der Waals surface area contributed by atoms with E-state index in [9.17, 15) is 18.5 Å². The summed E-state index contributed by atoms with van der Waals surface area (Å²) in [5, 5.41) is 15.5. The van der Waals surface area contributed by atoms with E-state index >= 15 is 0 Å².